The minimum absolute atomic E-state index is 0.0944. The molecule has 1 fully saturated rings. The summed E-state index contributed by atoms with van der Waals surface area (Å²) < 4.78 is 58.4. The molecular formula is C23H29Cl2N3O6S2. The van der Waals surface area contributed by atoms with Gasteiger partial charge in [0.25, 0.3) is 0 Å². The SMILES string of the molecule is CC[C@@H](C(=O)NCCOc1ccc(S(=O)(=O)N2CCCC2)cc1)N(c1cc(Cl)ccc1Cl)S(C)(=O)=O. The van der Waals surface area contributed by atoms with Gasteiger partial charge in [0.05, 0.1) is 28.4 Å². The second-order valence-electron chi connectivity index (χ2n) is 8.30. The fourth-order valence-corrected chi connectivity index (χ4v) is 7.09. The van der Waals surface area contributed by atoms with Crippen molar-refractivity contribution in [2.45, 2.75) is 37.1 Å². The van der Waals surface area contributed by atoms with Gasteiger partial charge in [0.15, 0.2) is 0 Å². The van der Waals surface area contributed by atoms with Crippen molar-refractivity contribution in [1.29, 1.82) is 0 Å². The first-order valence-corrected chi connectivity index (χ1v) is 15.4. The van der Waals surface area contributed by atoms with Crippen LogP contribution in [0.5, 0.6) is 5.75 Å². The summed E-state index contributed by atoms with van der Waals surface area (Å²) in [6.07, 6.45) is 2.91. The second kappa shape index (κ2) is 12.0. The monoisotopic (exact) mass is 577 g/mol. The van der Waals surface area contributed by atoms with Crippen LogP contribution in [0.3, 0.4) is 0 Å². The highest BCUT2D eigenvalue weighted by atomic mass is 35.5. The third kappa shape index (κ3) is 6.83. The quantitative estimate of drug-likeness (QED) is 0.409. The van der Waals surface area contributed by atoms with Gasteiger partial charge in [-0.3, -0.25) is 9.10 Å². The molecule has 36 heavy (non-hydrogen) atoms. The van der Waals surface area contributed by atoms with Gasteiger partial charge in [-0.25, -0.2) is 16.8 Å². The van der Waals surface area contributed by atoms with Gasteiger partial charge in [0.1, 0.15) is 18.4 Å². The summed E-state index contributed by atoms with van der Waals surface area (Å²) in [6, 6.07) is 9.46. The Labute approximate surface area is 222 Å². The van der Waals surface area contributed by atoms with Crippen molar-refractivity contribution >= 4 is 54.8 Å². The van der Waals surface area contributed by atoms with E-state index in [1.807, 2.05) is 0 Å². The molecule has 0 saturated carbocycles. The molecule has 0 unspecified atom stereocenters. The number of sulfonamides is 2. The largest absolute Gasteiger partial charge is 0.492 e. The van der Waals surface area contributed by atoms with E-state index in [1.165, 1.54) is 34.6 Å². The average molecular weight is 579 g/mol. The summed E-state index contributed by atoms with van der Waals surface area (Å²) >= 11 is 12.3. The summed E-state index contributed by atoms with van der Waals surface area (Å²) in [5, 5.41) is 3.12. The van der Waals surface area contributed by atoms with Crippen LogP contribution in [-0.4, -0.2) is 65.6 Å². The van der Waals surface area contributed by atoms with Gasteiger partial charge in [-0.05, 0) is 61.7 Å². The maximum absolute atomic E-state index is 12.9. The summed E-state index contributed by atoms with van der Waals surface area (Å²) in [5.74, 6) is -0.0743. The molecule has 0 aliphatic carbocycles. The summed E-state index contributed by atoms with van der Waals surface area (Å²) in [6.45, 7) is 2.94. The Morgan fingerprint density at radius 3 is 2.31 bits per heavy atom. The van der Waals surface area contributed by atoms with Gasteiger partial charge in [-0.15, -0.1) is 0 Å². The highest BCUT2D eigenvalue weighted by molar-refractivity contribution is 7.92. The van der Waals surface area contributed by atoms with E-state index in [2.05, 4.69) is 5.32 Å². The fraction of sp³-hybridized carbons (Fsp3) is 0.435. The van der Waals surface area contributed by atoms with Crippen LogP contribution in [0.25, 0.3) is 0 Å². The molecule has 2 aromatic carbocycles. The summed E-state index contributed by atoms with van der Waals surface area (Å²) in [5.41, 5.74) is 0.119. The van der Waals surface area contributed by atoms with E-state index in [4.69, 9.17) is 27.9 Å². The molecule has 1 N–H and O–H groups in total. The topological polar surface area (TPSA) is 113 Å². The van der Waals surface area contributed by atoms with Gasteiger partial charge in [-0.2, -0.15) is 4.31 Å². The first-order valence-electron chi connectivity index (χ1n) is 11.4. The predicted octanol–water partition coefficient (Wildman–Crippen LogP) is 3.52. The highest BCUT2D eigenvalue weighted by Crippen LogP contribution is 2.33. The van der Waals surface area contributed by atoms with Gasteiger partial charge in [0.2, 0.25) is 26.0 Å². The molecule has 1 saturated heterocycles. The number of ether oxygens (including phenoxy) is 1. The Morgan fingerprint density at radius 2 is 1.72 bits per heavy atom. The number of carbonyl (C=O) groups excluding carboxylic acids is 1. The van der Waals surface area contributed by atoms with Gasteiger partial charge in [-0.1, -0.05) is 30.1 Å². The van der Waals surface area contributed by atoms with Gasteiger partial charge in [0, 0.05) is 18.1 Å². The minimum atomic E-state index is -3.86. The molecule has 1 aliphatic rings. The van der Waals surface area contributed by atoms with Crippen molar-refractivity contribution < 1.29 is 26.4 Å². The minimum Gasteiger partial charge on any atom is -0.492 e. The number of hydrogen-bond acceptors (Lipinski definition) is 6. The molecular weight excluding hydrogens is 549 g/mol. The lowest BCUT2D eigenvalue weighted by Gasteiger charge is -2.30. The van der Waals surface area contributed by atoms with Crippen molar-refractivity contribution in [2.75, 3.05) is 36.8 Å². The van der Waals surface area contributed by atoms with E-state index in [1.54, 1.807) is 19.1 Å². The Hall–Kier alpha value is -2.05. The van der Waals surface area contributed by atoms with Gasteiger partial charge < -0.3 is 10.1 Å². The van der Waals surface area contributed by atoms with Crippen molar-refractivity contribution in [2.24, 2.45) is 0 Å². The zero-order chi connectivity index (χ0) is 26.5. The molecule has 0 radical (unpaired) electrons. The fourth-order valence-electron chi connectivity index (χ4n) is 3.94. The van der Waals surface area contributed by atoms with Crippen LogP contribution in [0.4, 0.5) is 5.69 Å². The van der Waals surface area contributed by atoms with Crippen LogP contribution in [0.1, 0.15) is 26.2 Å². The van der Waals surface area contributed by atoms with Crippen molar-refractivity contribution in [3.63, 3.8) is 0 Å². The first-order chi connectivity index (χ1) is 16.9. The van der Waals surface area contributed by atoms with Crippen LogP contribution in [-0.2, 0) is 24.8 Å². The zero-order valence-corrected chi connectivity index (χ0v) is 23.1. The number of nitrogens with one attached hydrogen (secondary N) is 1. The number of anilines is 1. The Bertz CT molecular complexity index is 1280. The Balaban J connectivity index is 1.60. The Kier molecular flexibility index (Phi) is 9.50. The van der Waals surface area contributed by atoms with Crippen LogP contribution in [0.15, 0.2) is 47.4 Å². The smallest absolute Gasteiger partial charge is 0.244 e. The molecule has 1 amide bonds. The van der Waals surface area contributed by atoms with E-state index < -0.39 is 32.0 Å². The third-order valence-electron chi connectivity index (χ3n) is 5.67. The molecule has 0 spiro atoms. The lowest BCUT2D eigenvalue weighted by Crippen LogP contribution is -2.50. The molecule has 3 rings (SSSR count). The molecule has 9 nitrogen and oxygen atoms in total. The molecule has 2 aromatic rings. The number of halogens is 2. The maximum atomic E-state index is 12.9. The van der Waals surface area contributed by atoms with E-state index in [-0.39, 0.29) is 40.2 Å². The molecule has 1 heterocycles. The average Bonchev–Trinajstić information content (AvgIpc) is 3.37. The van der Waals surface area contributed by atoms with E-state index in [0.717, 1.165) is 23.4 Å². The number of amides is 1. The number of rotatable bonds is 11. The van der Waals surface area contributed by atoms with Crippen LogP contribution in [0.2, 0.25) is 10.0 Å². The summed E-state index contributed by atoms with van der Waals surface area (Å²) in [4.78, 5) is 13.1. The van der Waals surface area contributed by atoms with Crippen LogP contribution in [0, 0.1) is 0 Å². The molecule has 198 valence electrons. The lowest BCUT2D eigenvalue weighted by atomic mass is 10.2. The zero-order valence-electron chi connectivity index (χ0n) is 20.0. The Morgan fingerprint density at radius 1 is 1.08 bits per heavy atom. The van der Waals surface area contributed by atoms with E-state index >= 15 is 0 Å². The predicted molar refractivity (Wildman–Crippen MR) is 141 cm³/mol. The molecule has 1 aliphatic heterocycles. The van der Waals surface area contributed by atoms with Crippen molar-refractivity contribution in [3.8, 4) is 5.75 Å². The molecule has 1 atom stereocenters. The van der Waals surface area contributed by atoms with Crippen molar-refractivity contribution in [1.82, 2.24) is 9.62 Å². The number of nitrogens with zero attached hydrogens (tertiary/aromatic N) is 2. The third-order valence-corrected chi connectivity index (χ3v) is 9.31. The standard InChI is InChI=1S/C23H29Cl2N3O6S2/c1-3-21(28(35(2,30)31)22-16-17(24)6-11-20(22)25)23(29)26-12-15-34-18-7-9-19(10-8-18)36(32,33)27-13-4-5-14-27/h6-11,16,21H,3-5,12-15H2,1-2H3,(H,26,29)/t21-/m0/s1. The number of carbonyl (C=O) groups is 1. The maximum Gasteiger partial charge on any atom is 0.244 e. The van der Waals surface area contributed by atoms with Crippen molar-refractivity contribution in [3.05, 3.63) is 52.5 Å². The van der Waals surface area contributed by atoms with Gasteiger partial charge >= 0.3 is 0 Å². The lowest BCUT2D eigenvalue weighted by molar-refractivity contribution is -0.122. The van der Waals surface area contributed by atoms with Crippen LogP contribution >= 0.6 is 23.2 Å². The molecule has 0 bridgehead atoms. The second-order valence-corrected chi connectivity index (χ2v) is 12.9. The first kappa shape index (κ1) is 28.5. The highest BCUT2D eigenvalue weighted by Gasteiger charge is 2.33. The van der Waals surface area contributed by atoms with E-state index in [9.17, 15) is 21.6 Å². The number of hydrogen-bond donors (Lipinski definition) is 1. The molecule has 13 heteroatoms. The normalized spacial score (nSPS) is 15.4. The number of benzene rings is 2. The van der Waals surface area contributed by atoms with Crippen LogP contribution < -0.4 is 14.4 Å². The summed E-state index contributed by atoms with van der Waals surface area (Å²) in [7, 11) is -7.37. The molecule has 0 aromatic heterocycles. The van der Waals surface area contributed by atoms with E-state index in [0.29, 0.717) is 18.8 Å².